The summed E-state index contributed by atoms with van der Waals surface area (Å²) in [6, 6.07) is 3.68. The molecule has 0 fully saturated rings. The van der Waals surface area contributed by atoms with Gasteiger partial charge in [-0.15, -0.1) is 0 Å². The van der Waals surface area contributed by atoms with Crippen LogP contribution in [-0.4, -0.2) is 27.4 Å². The predicted molar refractivity (Wildman–Crippen MR) is 63.4 cm³/mol. The Labute approximate surface area is 94.6 Å². The van der Waals surface area contributed by atoms with E-state index in [9.17, 15) is 10.0 Å². The molecule has 0 atom stereocenters. The topological polar surface area (TPSA) is 69.1 Å². The molecule has 2 rings (SSSR count). The summed E-state index contributed by atoms with van der Waals surface area (Å²) in [6.45, 7) is 1.84. The van der Waals surface area contributed by atoms with Crippen LogP contribution in [0.5, 0.6) is 0 Å². The Bertz CT molecular complexity index is 483. The highest BCUT2D eigenvalue weighted by molar-refractivity contribution is 14.1. The molecule has 4 nitrogen and oxygen atoms in total. The lowest BCUT2D eigenvalue weighted by atomic mass is 9.75. The van der Waals surface area contributed by atoms with E-state index in [-0.39, 0.29) is 0 Å². The number of fused-ring (bicyclic) bond motifs is 1. The first-order valence-corrected chi connectivity index (χ1v) is 5.18. The fourth-order valence-electron chi connectivity index (χ4n) is 1.53. The lowest BCUT2D eigenvalue weighted by Crippen LogP contribution is -2.33. The summed E-state index contributed by atoms with van der Waals surface area (Å²) < 4.78 is 0.824. The van der Waals surface area contributed by atoms with E-state index in [0.29, 0.717) is 5.46 Å². The molecule has 0 amide bonds. The van der Waals surface area contributed by atoms with E-state index >= 15 is 0 Å². The maximum atomic E-state index is 9.26. The SMILES string of the molecule is Cc1ccc2n[nH]c(I)c2c1B(O)O. The first kappa shape index (κ1) is 9.94. The van der Waals surface area contributed by atoms with Gasteiger partial charge < -0.3 is 10.0 Å². The molecular weight excluding hydrogens is 294 g/mol. The van der Waals surface area contributed by atoms with Gasteiger partial charge >= 0.3 is 7.12 Å². The van der Waals surface area contributed by atoms with Gasteiger partial charge in [0.2, 0.25) is 0 Å². The summed E-state index contributed by atoms with van der Waals surface area (Å²) >= 11 is 2.09. The van der Waals surface area contributed by atoms with Crippen LogP contribution in [0.25, 0.3) is 10.9 Å². The van der Waals surface area contributed by atoms with Crippen LogP contribution in [0.3, 0.4) is 0 Å². The fourth-order valence-corrected chi connectivity index (χ4v) is 2.22. The summed E-state index contributed by atoms with van der Waals surface area (Å²) in [6.07, 6.45) is 0. The third-order valence-electron chi connectivity index (χ3n) is 2.19. The maximum Gasteiger partial charge on any atom is 0.489 e. The molecule has 1 aromatic carbocycles. The minimum absolute atomic E-state index is 0.528. The van der Waals surface area contributed by atoms with Crippen LogP contribution in [0, 0.1) is 10.6 Å². The quantitative estimate of drug-likeness (QED) is 0.519. The number of hydrogen-bond donors (Lipinski definition) is 3. The van der Waals surface area contributed by atoms with Crippen molar-refractivity contribution in [1.29, 1.82) is 0 Å². The number of aryl methyl sites for hydroxylation is 1. The number of aromatic nitrogens is 2. The van der Waals surface area contributed by atoms with Crippen LogP contribution in [0.15, 0.2) is 12.1 Å². The Morgan fingerprint density at radius 1 is 1.43 bits per heavy atom. The van der Waals surface area contributed by atoms with Crippen molar-refractivity contribution < 1.29 is 10.0 Å². The third-order valence-corrected chi connectivity index (χ3v) is 2.97. The van der Waals surface area contributed by atoms with E-state index in [1.54, 1.807) is 0 Å². The van der Waals surface area contributed by atoms with Crippen molar-refractivity contribution in [3.63, 3.8) is 0 Å². The smallest absolute Gasteiger partial charge is 0.423 e. The Hall–Kier alpha value is -0.595. The van der Waals surface area contributed by atoms with Crippen molar-refractivity contribution in [2.24, 2.45) is 0 Å². The Balaban J connectivity index is 2.87. The standard InChI is InChI=1S/C8H8BIN2O2/c1-4-2-3-5-6(7(4)9(13)14)8(10)12-11-5/h2-3,13-14H,1H3,(H,11,12). The summed E-state index contributed by atoms with van der Waals surface area (Å²) in [5.41, 5.74) is 2.13. The Kier molecular flexibility index (Phi) is 2.50. The Morgan fingerprint density at radius 2 is 2.14 bits per heavy atom. The highest BCUT2D eigenvalue weighted by Gasteiger charge is 2.20. The largest absolute Gasteiger partial charge is 0.489 e. The normalized spacial score (nSPS) is 10.9. The van der Waals surface area contributed by atoms with Crippen LogP contribution in [0.1, 0.15) is 5.56 Å². The van der Waals surface area contributed by atoms with Gasteiger partial charge in [0.25, 0.3) is 0 Å². The zero-order valence-corrected chi connectivity index (χ0v) is 9.61. The molecule has 72 valence electrons. The number of H-pyrrole nitrogens is 1. The third kappa shape index (κ3) is 1.43. The molecule has 1 heterocycles. The highest BCUT2D eigenvalue weighted by Crippen LogP contribution is 2.17. The number of benzene rings is 1. The van der Waals surface area contributed by atoms with Gasteiger partial charge in [-0.3, -0.25) is 5.10 Å². The second-order valence-electron chi connectivity index (χ2n) is 3.10. The van der Waals surface area contributed by atoms with Crippen molar-refractivity contribution in [2.75, 3.05) is 0 Å². The van der Waals surface area contributed by atoms with Gasteiger partial charge in [-0.1, -0.05) is 11.6 Å². The van der Waals surface area contributed by atoms with Gasteiger partial charge in [-0.05, 0) is 41.0 Å². The van der Waals surface area contributed by atoms with E-state index in [0.717, 1.165) is 20.2 Å². The highest BCUT2D eigenvalue weighted by atomic mass is 127. The number of halogens is 1. The molecule has 0 saturated heterocycles. The molecular formula is C8H8BIN2O2. The van der Waals surface area contributed by atoms with Gasteiger partial charge in [-0.2, -0.15) is 5.10 Å². The summed E-state index contributed by atoms with van der Waals surface area (Å²) in [5.74, 6) is 0. The number of nitrogens with one attached hydrogen (secondary N) is 1. The number of hydrogen-bond acceptors (Lipinski definition) is 3. The zero-order chi connectivity index (χ0) is 10.3. The molecule has 0 unspecified atom stereocenters. The lowest BCUT2D eigenvalue weighted by molar-refractivity contribution is 0.426. The summed E-state index contributed by atoms with van der Waals surface area (Å²) in [5, 5.41) is 26.2. The van der Waals surface area contributed by atoms with E-state index in [1.165, 1.54) is 0 Å². The van der Waals surface area contributed by atoms with Crippen molar-refractivity contribution in [3.8, 4) is 0 Å². The van der Waals surface area contributed by atoms with Gasteiger partial charge in [-0.25, -0.2) is 0 Å². The molecule has 0 aliphatic carbocycles. The first-order valence-electron chi connectivity index (χ1n) is 4.10. The number of aromatic amines is 1. The van der Waals surface area contributed by atoms with Crippen molar-refractivity contribution in [3.05, 3.63) is 21.4 Å². The molecule has 1 aromatic heterocycles. The molecule has 0 aliphatic rings. The van der Waals surface area contributed by atoms with Gasteiger partial charge in [0.15, 0.2) is 0 Å². The molecule has 0 radical (unpaired) electrons. The van der Waals surface area contributed by atoms with Crippen molar-refractivity contribution in [2.45, 2.75) is 6.92 Å². The maximum absolute atomic E-state index is 9.26. The molecule has 3 N–H and O–H groups in total. The minimum atomic E-state index is -1.45. The second kappa shape index (κ2) is 3.52. The zero-order valence-electron chi connectivity index (χ0n) is 7.45. The van der Waals surface area contributed by atoms with Crippen LogP contribution < -0.4 is 5.46 Å². The molecule has 14 heavy (non-hydrogen) atoms. The van der Waals surface area contributed by atoms with Crippen LogP contribution in [0.4, 0.5) is 0 Å². The molecule has 2 aromatic rings. The van der Waals surface area contributed by atoms with E-state index < -0.39 is 7.12 Å². The summed E-state index contributed by atoms with van der Waals surface area (Å²) in [4.78, 5) is 0. The average Bonchev–Trinajstić information content (AvgIpc) is 2.47. The fraction of sp³-hybridized carbons (Fsp3) is 0.125. The van der Waals surface area contributed by atoms with Crippen molar-refractivity contribution in [1.82, 2.24) is 10.2 Å². The van der Waals surface area contributed by atoms with Crippen LogP contribution in [-0.2, 0) is 0 Å². The van der Waals surface area contributed by atoms with Crippen LogP contribution >= 0.6 is 22.6 Å². The number of rotatable bonds is 1. The van der Waals surface area contributed by atoms with Crippen LogP contribution in [0.2, 0.25) is 0 Å². The molecule has 0 saturated carbocycles. The van der Waals surface area contributed by atoms with Gasteiger partial charge in [0, 0.05) is 5.39 Å². The minimum Gasteiger partial charge on any atom is -0.423 e. The second-order valence-corrected chi connectivity index (χ2v) is 4.18. The van der Waals surface area contributed by atoms with E-state index in [1.807, 2.05) is 19.1 Å². The van der Waals surface area contributed by atoms with Gasteiger partial charge in [0.05, 0.1) is 5.52 Å². The van der Waals surface area contributed by atoms with E-state index in [4.69, 9.17) is 0 Å². The molecule has 0 aliphatic heterocycles. The number of nitrogens with zero attached hydrogens (tertiary/aromatic N) is 1. The Morgan fingerprint density at radius 3 is 2.79 bits per heavy atom. The van der Waals surface area contributed by atoms with E-state index in [2.05, 4.69) is 32.8 Å². The van der Waals surface area contributed by atoms with Gasteiger partial charge in [0.1, 0.15) is 3.70 Å². The first-order chi connectivity index (χ1) is 6.61. The monoisotopic (exact) mass is 302 g/mol. The average molecular weight is 302 g/mol. The predicted octanol–water partition coefficient (Wildman–Crippen LogP) is 0.156. The lowest BCUT2D eigenvalue weighted by Gasteiger charge is -2.05. The summed E-state index contributed by atoms with van der Waals surface area (Å²) in [7, 11) is -1.45. The molecule has 6 heteroatoms. The molecule has 0 spiro atoms. The molecule has 0 bridgehead atoms. The van der Waals surface area contributed by atoms with Crippen molar-refractivity contribution >= 4 is 46.1 Å².